The van der Waals surface area contributed by atoms with Crippen LogP contribution in [0.3, 0.4) is 0 Å². The molecule has 0 unspecified atom stereocenters. The number of nitriles is 1. The Morgan fingerprint density at radius 3 is 2.57 bits per heavy atom. The van der Waals surface area contributed by atoms with E-state index in [9.17, 15) is 9.18 Å². The molecule has 4 heteroatoms. The number of hydrogen-bond acceptors (Lipinski definition) is 3. The molecule has 0 aromatic heterocycles. The zero-order valence-electron chi connectivity index (χ0n) is 11.7. The lowest BCUT2D eigenvalue weighted by Gasteiger charge is -2.26. The Hall–Kier alpha value is -2.67. The number of para-hydroxylation sites is 1. The van der Waals surface area contributed by atoms with E-state index in [1.165, 1.54) is 19.1 Å². The van der Waals surface area contributed by atoms with Gasteiger partial charge in [-0.3, -0.25) is 4.79 Å². The van der Waals surface area contributed by atoms with Crippen LogP contribution >= 0.6 is 0 Å². The molecule has 2 aromatic rings. The molecule has 21 heavy (non-hydrogen) atoms. The van der Waals surface area contributed by atoms with Crippen LogP contribution in [-0.2, 0) is 0 Å². The van der Waals surface area contributed by atoms with Crippen molar-refractivity contribution in [1.29, 1.82) is 5.26 Å². The highest BCUT2D eigenvalue weighted by atomic mass is 19.1. The smallest absolute Gasteiger partial charge is 0.162 e. The fourth-order valence-corrected chi connectivity index (χ4v) is 2.18. The molecule has 0 amide bonds. The van der Waals surface area contributed by atoms with E-state index >= 15 is 0 Å². The number of carbonyl (C=O) groups excluding carboxylic acids is 1. The molecule has 0 fully saturated rings. The summed E-state index contributed by atoms with van der Waals surface area (Å²) in [5.74, 6) is -0.653. The number of benzene rings is 2. The summed E-state index contributed by atoms with van der Waals surface area (Å²) in [7, 11) is 0. The highest BCUT2D eigenvalue weighted by Gasteiger charge is 2.16. The lowest BCUT2D eigenvalue weighted by atomic mass is 10.1. The van der Waals surface area contributed by atoms with Crippen LogP contribution in [-0.4, -0.2) is 12.3 Å². The second kappa shape index (κ2) is 6.67. The van der Waals surface area contributed by atoms with Crippen molar-refractivity contribution in [2.45, 2.75) is 13.3 Å². The third-order valence-corrected chi connectivity index (χ3v) is 3.14. The quantitative estimate of drug-likeness (QED) is 0.776. The highest BCUT2D eigenvalue weighted by Crippen LogP contribution is 2.29. The summed E-state index contributed by atoms with van der Waals surface area (Å²) in [5.41, 5.74) is 1.80. The largest absolute Gasteiger partial charge is 0.340 e. The maximum atomic E-state index is 13.4. The number of ketones is 1. The lowest BCUT2D eigenvalue weighted by Crippen LogP contribution is -2.20. The number of halogens is 1. The Morgan fingerprint density at radius 1 is 1.24 bits per heavy atom. The van der Waals surface area contributed by atoms with E-state index in [0.29, 0.717) is 24.2 Å². The van der Waals surface area contributed by atoms with E-state index in [-0.39, 0.29) is 5.78 Å². The van der Waals surface area contributed by atoms with Gasteiger partial charge in [0.2, 0.25) is 0 Å². The van der Waals surface area contributed by atoms with Gasteiger partial charge in [-0.1, -0.05) is 18.2 Å². The highest BCUT2D eigenvalue weighted by molar-refractivity contribution is 6.00. The lowest BCUT2D eigenvalue weighted by molar-refractivity contribution is 0.101. The first kappa shape index (κ1) is 14.7. The molecule has 0 spiro atoms. The van der Waals surface area contributed by atoms with Crippen molar-refractivity contribution < 1.29 is 9.18 Å². The number of nitrogens with zero attached hydrogens (tertiary/aromatic N) is 2. The molecule has 0 saturated carbocycles. The number of anilines is 2. The summed E-state index contributed by atoms with van der Waals surface area (Å²) in [6.45, 7) is 1.85. The molecule has 0 saturated heterocycles. The molecule has 2 rings (SSSR count). The second-order valence-corrected chi connectivity index (χ2v) is 4.61. The second-order valence-electron chi connectivity index (χ2n) is 4.61. The normalized spacial score (nSPS) is 9.95. The van der Waals surface area contributed by atoms with E-state index in [1.54, 1.807) is 6.07 Å². The van der Waals surface area contributed by atoms with Crippen molar-refractivity contribution in [3.05, 3.63) is 59.9 Å². The van der Waals surface area contributed by atoms with Crippen molar-refractivity contribution >= 4 is 17.2 Å². The van der Waals surface area contributed by atoms with Crippen LogP contribution in [0.2, 0.25) is 0 Å². The monoisotopic (exact) mass is 282 g/mol. The molecule has 0 N–H and O–H groups in total. The Bertz CT molecular complexity index is 677. The van der Waals surface area contributed by atoms with Gasteiger partial charge in [-0.15, -0.1) is 0 Å². The van der Waals surface area contributed by atoms with Gasteiger partial charge < -0.3 is 4.90 Å². The Labute approximate surface area is 123 Å². The van der Waals surface area contributed by atoms with Crippen molar-refractivity contribution in [1.82, 2.24) is 0 Å². The predicted octanol–water partition coefficient (Wildman–Crippen LogP) is 4.08. The van der Waals surface area contributed by atoms with Crippen LogP contribution in [0.1, 0.15) is 23.7 Å². The molecular formula is C17H15FN2O. The van der Waals surface area contributed by atoms with E-state index in [2.05, 4.69) is 6.07 Å². The van der Waals surface area contributed by atoms with Gasteiger partial charge in [-0.25, -0.2) is 4.39 Å². The van der Waals surface area contributed by atoms with E-state index < -0.39 is 5.82 Å². The maximum absolute atomic E-state index is 13.4. The Kier molecular flexibility index (Phi) is 4.68. The average Bonchev–Trinajstić information content (AvgIpc) is 2.49. The fraction of sp³-hybridized carbons (Fsp3) is 0.176. The van der Waals surface area contributed by atoms with Gasteiger partial charge in [0.05, 0.1) is 18.2 Å². The minimum atomic E-state index is -0.447. The molecule has 0 atom stereocenters. The fourth-order valence-electron chi connectivity index (χ4n) is 2.18. The van der Waals surface area contributed by atoms with Gasteiger partial charge in [0.25, 0.3) is 0 Å². The van der Waals surface area contributed by atoms with E-state index in [1.807, 2.05) is 35.2 Å². The SMILES string of the molecule is CC(=O)c1cc(F)ccc1N(CCC#N)c1ccccc1. The summed E-state index contributed by atoms with van der Waals surface area (Å²) >= 11 is 0. The first-order valence-corrected chi connectivity index (χ1v) is 6.63. The summed E-state index contributed by atoms with van der Waals surface area (Å²) in [6, 6.07) is 15.7. The Morgan fingerprint density at radius 2 is 1.95 bits per heavy atom. The topological polar surface area (TPSA) is 44.1 Å². The molecule has 106 valence electrons. The van der Waals surface area contributed by atoms with E-state index in [0.717, 1.165) is 5.69 Å². The van der Waals surface area contributed by atoms with Crippen LogP contribution < -0.4 is 4.90 Å². The molecule has 0 aliphatic rings. The molecular weight excluding hydrogens is 267 g/mol. The van der Waals surface area contributed by atoms with Crippen LogP contribution in [0.4, 0.5) is 15.8 Å². The number of carbonyl (C=O) groups is 1. The summed E-state index contributed by atoms with van der Waals surface area (Å²) in [4.78, 5) is 13.6. The zero-order valence-corrected chi connectivity index (χ0v) is 11.7. The van der Waals surface area contributed by atoms with Crippen LogP contribution in [0, 0.1) is 17.1 Å². The van der Waals surface area contributed by atoms with Gasteiger partial charge >= 0.3 is 0 Å². The summed E-state index contributed by atoms with van der Waals surface area (Å²) < 4.78 is 13.4. The van der Waals surface area contributed by atoms with Crippen molar-refractivity contribution in [2.75, 3.05) is 11.4 Å². The number of Topliss-reactive ketones (excluding diaryl/α,β-unsaturated/α-hetero) is 1. The number of hydrogen-bond donors (Lipinski definition) is 0. The Balaban J connectivity index is 2.52. The van der Waals surface area contributed by atoms with Crippen molar-refractivity contribution in [3.63, 3.8) is 0 Å². The number of rotatable bonds is 5. The molecule has 0 bridgehead atoms. The van der Waals surface area contributed by atoms with Gasteiger partial charge in [-0.2, -0.15) is 5.26 Å². The van der Waals surface area contributed by atoms with Crippen molar-refractivity contribution in [2.24, 2.45) is 0 Å². The molecule has 0 heterocycles. The molecule has 2 aromatic carbocycles. The van der Waals surface area contributed by atoms with Gasteiger partial charge in [0.15, 0.2) is 5.78 Å². The van der Waals surface area contributed by atoms with Crippen LogP contribution in [0.5, 0.6) is 0 Å². The summed E-state index contributed by atoms with van der Waals surface area (Å²) in [6.07, 6.45) is 0.309. The molecule has 0 radical (unpaired) electrons. The average molecular weight is 282 g/mol. The first-order valence-electron chi connectivity index (χ1n) is 6.63. The summed E-state index contributed by atoms with van der Waals surface area (Å²) in [5, 5.41) is 8.83. The minimum Gasteiger partial charge on any atom is -0.340 e. The maximum Gasteiger partial charge on any atom is 0.162 e. The molecule has 3 nitrogen and oxygen atoms in total. The zero-order chi connectivity index (χ0) is 15.2. The minimum absolute atomic E-state index is 0.206. The van der Waals surface area contributed by atoms with Gasteiger partial charge in [-0.05, 0) is 37.3 Å². The first-order chi connectivity index (χ1) is 10.1. The van der Waals surface area contributed by atoms with Crippen LogP contribution in [0.25, 0.3) is 0 Å². The third kappa shape index (κ3) is 3.46. The van der Waals surface area contributed by atoms with Gasteiger partial charge in [0, 0.05) is 17.8 Å². The van der Waals surface area contributed by atoms with Crippen molar-refractivity contribution in [3.8, 4) is 6.07 Å². The standard InChI is InChI=1S/C17H15FN2O/c1-13(21)16-12-14(18)8-9-17(16)20(11-5-10-19)15-6-3-2-4-7-15/h2-4,6-9,12H,5,11H2,1H3. The van der Waals surface area contributed by atoms with Gasteiger partial charge in [0.1, 0.15) is 5.82 Å². The van der Waals surface area contributed by atoms with Crippen LogP contribution in [0.15, 0.2) is 48.5 Å². The third-order valence-electron chi connectivity index (χ3n) is 3.14. The predicted molar refractivity (Wildman–Crippen MR) is 80.1 cm³/mol. The molecule has 0 aliphatic heterocycles. The van der Waals surface area contributed by atoms with E-state index in [4.69, 9.17) is 5.26 Å². The molecule has 0 aliphatic carbocycles.